The van der Waals surface area contributed by atoms with Gasteiger partial charge in [0.15, 0.2) is 0 Å². The van der Waals surface area contributed by atoms with E-state index in [1.807, 2.05) is 6.92 Å². The first kappa shape index (κ1) is 12.6. The third kappa shape index (κ3) is 2.69. The van der Waals surface area contributed by atoms with E-state index in [1.165, 1.54) is 6.33 Å². The van der Waals surface area contributed by atoms with Gasteiger partial charge in [-0.3, -0.25) is 4.79 Å². The van der Waals surface area contributed by atoms with Gasteiger partial charge < -0.3 is 15.0 Å². The van der Waals surface area contributed by atoms with Crippen molar-refractivity contribution in [1.29, 1.82) is 0 Å². The molecule has 1 aromatic rings. The van der Waals surface area contributed by atoms with Crippen molar-refractivity contribution < 1.29 is 9.53 Å². The third-order valence-electron chi connectivity index (χ3n) is 3.07. The van der Waals surface area contributed by atoms with Crippen LogP contribution in [0.15, 0.2) is 12.4 Å². The Kier molecular flexibility index (Phi) is 3.96. The molecule has 1 fully saturated rings. The van der Waals surface area contributed by atoms with Crippen LogP contribution in [0.25, 0.3) is 0 Å². The lowest BCUT2D eigenvalue weighted by atomic mass is 10.1. The molecule has 98 valence electrons. The Morgan fingerprint density at radius 2 is 2.44 bits per heavy atom. The molecule has 1 aromatic heterocycles. The number of carbonyl (C=O) groups excluding carboxylic acids is 1. The number of amides is 1. The third-order valence-corrected chi connectivity index (χ3v) is 3.07. The zero-order valence-electron chi connectivity index (χ0n) is 10.7. The Hall–Kier alpha value is -1.85. The van der Waals surface area contributed by atoms with Gasteiger partial charge >= 0.3 is 0 Å². The largest absolute Gasteiger partial charge is 0.481 e. The second-order valence-electron chi connectivity index (χ2n) is 4.24. The van der Waals surface area contributed by atoms with Crippen molar-refractivity contribution >= 4 is 11.7 Å². The maximum Gasteiger partial charge on any atom is 0.224 e. The summed E-state index contributed by atoms with van der Waals surface area (Å²) in [5.74, 6) is 1.53. The van der Waals surface area contributed by atoms with Crippen molar-refractivity contribution in [3.63, 3.8) is 0 Å². The molecule has 6 heteroatoms. The zero-order chi connectivity index (χ0) is 13.0. The highest BCUT2D eigenvalue weighted by molar-refractivity contribution is 5.79. The number of ether oxygens (including phenoxy) is 1. The fraction of sp³-hybridized carbons (Fsp3) is 0.583. The fourth-order valence-corrected chi connectivity index (χ4v) is 2.12. The fourth-order valence-electron chi connectivity index (χ4n) is 2.12. The van der Waals surface area contributed by atoms with Crippen LogP contribution in [0.5, 0.6) is 5.88 Å². The summed E-state index contributed by atoms with van der Waals surface area (Å²) in [5, 5.41) is 2.86. The monoisotopic (exact) mass is 250 g/mol. The number of nitrogens with zero attached hydrogens (tertiary/aromatic N) is 3. The predicted molar refractivity (Wildman–Crippen MR) is 67.6 cm³/mol. The number of rotatable bonds is 4. The van der Waals surface area contributed by atoms with Crippen LogP contribution < -0.4 is 15.0 Å². The molecule has 2 rings (SSSR count). The first-order valence-electron chi connectivity index (χ1n) is 6.13. The number of anilines is 1. The summed E-state index contributed by atoms with van der Waals surface area (Å²) < 4.78 is 5.07. The number of hydrogen-bond donors (Lipinski definition) is 1. The van der Waals surface area contributed by atoms with Gasteiger partial charge in [-0.25, -0.2) is 9.97 Å². The molecule has 1 atom stereocenters. The van der Waals surface area contributed by atoms with E-state index >= 15 is 0 Å². The van der Waals surface area contributed by atoms with Crippen molar-refractivity contribution in [1.82, 2.24) is 15.3 Å². The van der Waals surface area contributed by atoms with Crippen LogP contribution in [-0.2, 0) is 4.79 Å². The van der Waals surface area contributed by atoms with Gasteiger partial charge in [-0.2, -0.15) is 0 Å². The summed E-state index contributed by atoms with van der Waals surface area (Å²) in [6.45, 7) is 4.14. The smallest absolute Gasteiger partial charge is 0.224 e. The summed E-state index contributed by atoms with van der Waals surface area (Å²) in [6, 6.07) is 1.79. The molecular formula is C12H18N4O2. The molecule has 1 saturated heterocycles. The van der Waals surface area contributed by atoms with Gasteiger partial charge in [0.1, 0.15) is 12.1 Å². The van der Waals surface area contributed by atoms with Crippen LogP contribution in [0.2, 0.25) is 0 Å². The van der Waals surface area contributed by atoms with E-state index in [0.29, 0.717) is 19.0 Å². The highest BCUT2D eigenvalue weighted by Gasteiger charge is 2.28. The van der Waals surface area contributed by atoms with E-state index in [4.69, 9.17) is 4.74 Å². The molecule has 1 aliphatic rings. The van der Waals surface area contributed by atoms with E-state index in [0.717, 1.165) is 18.8 Å². The average molecular weight is 250 g/mol. The number of nitrogens with one attached hydrogen (secondary N) is 1. The molecule has 0 radical (unpaired) electrons. The van der Waals surface area contributed by atoms with E-state index in [1.54, 1.807) is 13.2 Å². The summed E-state index contributed by atoms with van der Waals surface area (Å²) in [5.41, 5.74) is 0. The van der Waals surface area contributed by atoms with Crippen LogP contribution in [0.3, 0.4) is 0 Å². The summed E-state index contributed by atoms with van der Waals surface area (Å²) in [4.78, 5) is 22.0. The maximum absolute atomic E-state index is 11.8. The summed E-state index contributed by atoms with van der Waals surface area (Å²) in [7, 11) is 1.58. The van der Waals surface area contributed by atoms with Crippen LogP contribution in [0.1, 0.15) is 13.3 Å². The lowest BCUT2D eigenvalue weighted by molar-refractivity contribution is -0.124. The quantitative estimate of drug-likeness (QED) is 0.840. The first-order valence-corrected chi connectivity index (χ1v) is 6.13. The SMILES string of the molecule is CCNC(=O)C1CCN(c2cc(OC)ncn2)C1. The Morgan fingerprint density at radius 1 is 1.61 bits per heavy atom. The molecule has 1 aliphatic heterocycles. The van der Waals surface area contributed by atoms with Crippen molar-refractivity contribution in [3.05, 3.63) is 12.4 Å². The van der Waals surface area contributed by atoms with Crippen molar-refractivity contribution in [2.24, 2.45) is 5.92 Å². The summed E-state index contributed by atoms with van der Waals surface area (Å²) in [6.07, 6.45) is 2.34. The highest BCUT2D eigenvalue weighted by Crippen LogP contribution is 2.23. The van der Waals surface area contributed by atoms with Crippen molar-refractivity contribution in [2.45, 2.75) is 13.3 Å². The molecule has 2 heterocycles. The van der Waals surface area contributed by atoms with Crippen molar-refractivity contribution in [2.75, 3.05) is 31.6 Å². The molecule has 0 spiro atoms. The molecule has 0 aromatic carbocycles. The Bertz CT molecular complexity index is 424. The molecule has 0 saturated carbocycles. The predicted octanol–water partition coefficient (Wildman–Crippen LogP) is 0.448. The Labute approximate surface area is 106 Å². The standard InChI is InChI=1S/C12H18N4O2/c1-3-13-12(17)9-4-5-16(7-9)10-6-11(18-2)15-8-14-10/h6,8-9H,3-5,7H2,1-2H3,(H,13,17). The van der Waals surface area contributed by atoms with Crippen LogP contribution >= 0.6 is 0 Å². The molecule has 1 N–H and O–H groups in total. The van der Waals surface area contributed by atoms with Gasteiger partial charge in [0, 0.05) is 25.7 Å². The Morgan fingerprint density at radius 3 is 3.17 bits per heavy atom. The molecule has 6 nitrogen and oxygen atoms in total. The van der Waals surface area contributed by atoms with E-state index in [9.17, 15) is 4.79 Å². The first-order chi connectivity index (χ1) is 8.74. The highest BCUT2D eigenvalue weighted by atomic mass is 16.5. The molecule has 1 amide bonds. The second-order valence-corrected chi connectivity index (χ2v) is 4.24. The normalized spacial score (nSPS) is 18.8. The molecule has 0 aliphatic carbocycles. The van der Waals surface area contributed by atoms with Crippen molar-refractivity contribution in [3.8, 4) is 5.88 Å². The van der Waals surface area contributed by atoms with Crippen LogP contribution in [0, 0.1) is 5.92 Å². The van der Waals surface area contributed by atoms with Gasteiger partial charge in [-0.1, -0.05) is 0 Å². The Balaban J connectivity index is 2.01. The van der Waals surface area contributed by atoms with Crippen LogP contribution in [-0.4, -0.2) is 42.6 Å². The van der Waals surface area contributed by atoms with Gasteiger partial charge in [0.25, 0.3) is 0 Å². The summed E-state index contributed by atoms with van der Waals surface area (Å²) >= 11 is 0. The molecule has 0 bridgehead atoms. The van der Waals surface area contributed by atoms with Gasteiger partial charge in [0.05, 0.1) is 13.0 Å². The van der Waals surface area contributed by atoms with E-state index in [2.05, 4.69) is 20.2 Å². The number of hydrogen-bond acceptors (Lipinski definition) is 5. The maximum atomic E-state index is 11.8. The van der Waals surface area contributed by atoms with Gasteiger partial charge in [-0.05, 0) is 13.3 Å². The number of aromatic nitrogens is 2. The average Bonchev–Trinajstić information content (AvgIpc) is 2.89. The van der Waals surface area contributed by atoms with E-state index < -0.39 is 0 Å². The van der Waals surface area contributed by atoms with Gasteiger partial charge in [-0.15, -0.1) is 0 Å². The topological polar surface area (TPSA) is 67.4 Å². The van der Waals surface area contributed by atoms with E-state index in [-0.39, 0.29) is 11.8 Å². The molecular weight excluding hydrogens is 232 g/mol. The minimum absolute atomic E-state index is 0.0471. The molecule has 1 unspecified atom stereocenters. The lowest BCUT2D eigenvalue weighted by Gasteiger charge is -2.17. The second kappa shape index (κ2) is 5.66. The van der Waals surface area contributed by atoms with Gasteiger partial charge in [0.2, 0.25) is 11.8 Å². The van der Waals surface area contributed by atoms with Crippen LogP contribution in [0.4, 0.5) is 5.82 Å². The minimum Gasteiger partial charge on any atom is -0.481 e. The molecule has 18 heavy (non-hydrogen) atoms. The minimum atomic E-state index is 0.0471. The lowest BCUT2D eigenvalue weighted by Crippen LogP contribution is -2.32. The zero-order valence-corrected chi connectivity index (χ0v) is 10.7. The number of methoxy groups -OCH3 is 1. The number of carbonyl (C=O) groups is 1.